The highest BCUT2D eigenvalue weighted by Gasteiger charge is 2.43. The van der Waals surface area contributed by atoms with Crippen molar-refractivity contribution < 1.29 is 9.59 Å². The minimum atomic E-state index is -0.426. The van der Waals surface area contributed by atoms with Crippen LogP contribution in [-0.2, 0) is 9.59 Å². The van der Waals surface area contributed by atoms with E-state index in [-0.39, 0.29) is 17.7 Å². The van der Waals surface area contributed by atoms with Gasteiger partial charge >= 0.3 is 0 Å². The molecule has 0 saturated heterocycles. The summed E-state index contributed by atoms with van der Waals surface area (Å²) >= 11 is 1.33. The van der Waals surface area contributed by atoms with Crippen molar-refractivity contribution in [2.24, 2.45) is 15.9 Å². The lowest BCUT2D eigenvalue weighted by molar-refractivity contribution is -0.125. The third kappa shape index (κ3) is 4.67. The van der Waals surface area contributed by atoms with E-state index < -0.39 is 11.3 Å². The molecule has 2 amide bonds. The lowest BCUT2D eigenvalue weighted by Gasteiger charge is -2.27. The Labute approximate surface area is 205 Å². The van der Waals surface area contributed by atoms with E-state index in [0.717, 1.165) is 23.4 Å². The summed E-state index contributed by atoms with van der Waals surface area (Å²) in [7, 11) is 0. The maximum absolute atomic E-state index is 13.4. The fourth-order valence-corrected chi connectivity index (χ4v) is 5.09. The topological polar surface area (TPSA) is 74.1 Å². The van der Waals surface area contributed by atoms with Crippen molar-refractivity contribution >= 4 is 46.0 Å². The molecule has 2 aromatic carbocycles. The van der Waals surface area contributed by atoms with E-state index in [1.54, 1.807) is 4.90 Å². The molecule has 0 unspecified atom stereocenters. The highest BCUT2D eigenvalue weighted by atomic mass is 32.2. The van der Waals surface area contributed by atoms with Gasteiger partial charge in [0.15, 0.2) is 5.17 Å². The number of amidine groups is 2. The summed E-state index contributed by atoms with van der Waals surface area (Å²) in [6.45, 7) is 10.4. The Morgan fingerprint density at radius 3 is 2.41 bits per heavy atom. The number of nitrogens with one attached hydrogen (secondary N) is 1. The molecule has 0 fully saturated rings. The van der Waals surface area contributed by atoms with Gasteiger partial charge in [0, 0.05) is 11.3 Å². The average Bonchev–Trinajstić information content (AvgIpc) is 3.19. The summed E-state index contributed by atoms with van der Waals surface area (Å²) in [5.41, 5.74) is 3.62. The molecule has 0 aliphatic carbocycles. The maximum atomic E-state index is 13.4. The van der Waals surface area contributed by atoms with Crippen LogP contribution in [0.15, 0.2) is 58.5 Å². The molecule has 0 bridgehead atoms. The van der Waals surface area contributed by atoms with Gasteiger partial charge in [0.1, 0.15) is 11.9 Å². The number of amides is 2. The van der Waals surface area contributed by atoms with Crippen LogP contribution in [0.1, 0.15) is 64.5 Å². The molecule has 4 rings (SSSR count). The van der Waals surface area contributed by atoms with Gasteiger partial charge in [-0.3, -0.25) is 14.6 Å². The zero-order valence-electron chi connectivity index (χ0n) is 20.4. The number of carbonyl (C=O) groups excluding carboxylic acids is 2. The number of aliphatic imine (C=N–C) groups is 2. The Kier molecular flexibility index (Phi) is 7.22. The molecule has 3 atom stereocenters. The number of rotatable bonds is 7. The van der Waals surface area contributed by atoms with Gasteiger partial charge in [-0.25, -0.2) is 9.89 Å². The van der Waals surface area contributed by atoms with E-state index in [1.165, 1.54) is 17.3 Å². The second-order valence-electron chi connectivity index (χ2n) is 9.15. The number of benzene rings is 2. The van der Waals surface area contributed by atoms with Crippen molar-refractivity contribution in [1.82, 2.24) is 4.90 Å². The van der Waals surface area contributed by atoms with Crippen molar-refractivity contribution in [3.05, 3.63) is 59.7 Å². The first-order valence-electron chi connectivity index (χ1n) is 12.0. The van der Waals surface area contributed by atoms with Crippen molar-refractivity contribution in [3.8, 4) is 0 Å². The number of hydrogen-bond donors (Lipinski definition) is 1. The molecule has 2 aromatic rings. The molecule has 2 aliphatic heterocycles. The van der Waals surface area contributed by atoms with E-state index in [2.05, 4.69) is 26.1 Å². The normalized spacial score (nSPS) is 18.7. The molecule has 0 aromatic heterocycles. The third-order valence-corrected chi connectivity index (χ3v) is 7.75. The molecule has 34 heavy (non-hydrogen) atoms. The first-order chi connectivity index (χ1) is 16.3. The quantitative estimate of drug-likeness (QED) is 0.535. The van der Waals surface area contributed by atoms with E-state index in [4.69, 9.17) is 9.98 Å². The average molecular weight is 477 g/mol. The molecule has 0 radical (unpaired) electrons. The minimum Gasteiger partial charge on any atom is -0.325 e. The van der Waals surface area contributed by atoms with Crippen molar-refractivity contribution in [2.45, 2.75) is 64.7 Å². The van der Waals surface area contributed by atoms with Gasteiger partial charge in [0.25, 0.3) is 5.91 Å². The first-order valence-corrected chi connectivity index (χ1v) is 12.9. The van der Waals surface area contributed by atoms with Gasteiger partial charge in [-0.2, -0.15) is 0 Å². The SMILES string of the molecule is CC[C@H](SC1=Nc2ccccc2C2=N[C@H]([C@H](C)CC)C(=O)N12)C(=O)Nc1ccc(C(C)C)cc1. The van der Waals surface area contributed by atoms with Crippen molar-refractivity contribution in [3.63, 3.8) is 0 Å². The first kappa shape index (κ1) is 24.2. The van der Waals surface area contributed by atoms with Gasteiger partial charge < -0.3 is 5.32 Å². The Morgan fingerprint density at radius 2 is 1.76 bits per heavy atom. The number of thioether (sulfide) groups is 1. The van der Waals surface area contributed by atoms with Crippen molar-refractivity contribution in [1.29, 1.82) is 0 Å². The molecule has 0 saturated carbocycles. The number of carbonyl (C=O) groups is 2. The molecule has 178 valence electrons. The van der Waals surface area contributed by atoms with Crippen LogP contribution in [0.25, 0.3) is 0 Å². The Hall–Kier alpha value is -2.93. The van der Waals surface area contributed by atoms with E-state index in [1.807, 2.05) is 62.4 Å². The van der Waals surface area contributed by atoms with Crippen LogP contribution < -0.4 is 5.32 Å². The molecule has 1 N–H and O–H groups in total. The van der Waals surface area contributed by atoms with Gasteiger partial charge in [0.2, 0.25) is 5.91 Å². The van der Waals surface area contributed by atoms with Gasteiger partial charge in [-0.1, -0.05) is 77.1 Å². The summed E-state index contributed by atoms with van der Waals surface area (Å²) in [6, 6.07) is 15.3. The van der Waals surface area contributed by atoms with E-state index >= 15 is 0 Å². The predicted octanol–water partition coefficient (Wildman–Crippen LogP) is 5.97. The third-order valence-electron chi connectivity index (χ3n) is 6.44. The van der Waals surface area contributed by atoms with E-state index in [0.29, 0.717) is 23.3 Å². The second kappa shape index (κ2) is 10.1. The fourth-order valence-electron chi connectivity index (χ4n) is 4.07. The molecule has 2 heterocycles. The summed E-state index contributed by atoms with van der Waals surface area (Å²) in [4.78, 5) is 37.8. The van der Waals surface area contributed by atoms with Crippen LogP contribution in [0.5, 0.6) is 0 Å². The van der Waals surface area contributed by atoms with Gasteiger partial charge in [-0.05, 0) is 48.1 Å². The fraction of sp³-hybridized carbons (Fsp3) is 0.407. The van der Waals surface area contributed by atoms with Crippen molar-refractivity contribution in [2.75, 3.05) is 5.32 Å². The van der Waals surface area contributed by atoms with Crippen LogP contribution >= 0.6 is 11.8 Å². The largest absolute Gasteiger partial charge is 0.325 e. The highest BCUT2D eigenvalue weighted by Crippen LogP contribution is 2.36. The predicted molar refractivity (Wildman–Crippen MR) is 141 cm³/mol. The highest BCUT2D eigenvalue weighted by molar-refractivity contribution is 8.15. The van der Waals surface area contributed by atoms with Crippen LogP contribution in [-0.4, -0.2) is 39.0 Å². The Bertz CT molecular complexity index is 1140. The van der Waals surface area contributed by atoms with Crippen LogP contribution in [0.4, 0.5) is 11.4 Å². The summed E-state index contributed by atoms with van der Waals surface area (Å²) in [5.74, 6) is 1.04. The zero-order chi connectivity index (χ0) is 24.4. The lowest BCUT2D eigenvalue weighted by atomic mass is 10.00. The molecular formula is C27H32N4O2S. The number of hydrogen-bond acceptors (Lipinski definition) is 5. The number of fused-ring (bicyclic) bond motifs is 3. The summed E-state index contributed by atoms with van der Waals surface area (Å²) < 4.78 is 0. The molecule has 6 nitrogen and oxygen atoms in total. The number of nitrogens with zero attached hydrogens (tertiary/aromatic N) is 3. The monoisotopic (exact) mass is 476 g/mol. The summed E-state index contributed by atoms with van der Waals surface area (Å²) in [6.07, 6.45) is 1.46. The number of para-hydroxylation sites is 1. The second-order valence-corrected chi connectivity index (χ2v) is 10.3. The minimum absolute atomic E-state index is 0.0651. The number of anilines is 1. The molecule has 0 spiro atoms. The molecular weight excluding hydrogens is 444 g/mol. The Morgan fingerprint density at radius 1 is 1.06 bits per heavy atom. The van der Waals surface area contributed by atoms with Crippen LogP contribution in [0.2, 0.25) is 0 Å². The molecule has 2 aliphatic rings. The van der Waals surface area contributed by atoms with Crippen LogP contribution in [0, 0.1) is 5.92 Å². The Balaban J connectivity index is 1.59. The summed E-state index contributed by atoms with van der Waals surface area (Å²) in [5, 5.41) is 3.15. The zero-order valence-corrected chi connectivity index (χ0v) is 21.2. The van der Waals surface area contributed by atoms with Crippen LogP contribution in [0.3, 0.4) is 0 Å². The molecule has 7 heteroatoms. The van der Waals surface area contributed by atoms with Gasteiger partial charge in [-0.15, -0.1) is 0 Å². The van der Waals surface area contributed by atoms with E-state index in [9.17, 15) is 9.59 Å². The van der Waals surface area contributed by atoms with Gasteiger partial charge in [0.05, 0.1) is 10.9 Å². The smallest absolute Gasteiger partial charge is 0.259 e. The standard InChI is InChI=1S/C27H32N4O2S/c1-6-17(5)23-26(33)31-24(30-23)20-10-8-9-11-21(20)29-27(31)34-22(7-2)25(32)28-19-14-12-18(13-15-19)16(3)4/h8-17,22-23H,6-7H2,1-5H3,(H,28,32)/t17-,22+,23-/m1/s1. The lowest BCUT2D eigenvalue weighted by Crippen LogP contribution is -2.43. The maximum Gasteiger partial charge on any atom is 0.259 e.